The van der Waals surface area contributed by atoms with Gasteiger partial charge in [-0.25, -0.2) is 4.68 Å². The van der Waals surface area contributed by atoms with Crippen LogP contribution in [-0.2, 0) is 0 Å². The molecule has 2 fully saturated rings. The molecule has 3 heterocycles. The monoisotopic (exact) mass is 388 g/mol. The third-order valence-electron chi connectivity index (χ3n) is 5.88. The van der Waals surface area contributed by atoms with Gasteiger partial charge in [0.15, 0.2) is 0 Å². The van der Waals surface area contributed by atoms with Crippen molar-refractivity contribution in [2.75, 3.05) is 5.32 Å². The van der Waals surface area contributed by atoms with Gasteiger partial charge in [0.2, 0.25) is 0 Å². The zero-order valence-electron chi connectivity index (χ0n) is 16.2. The molecule has 0 amide bonds. The number of rotatable bonds is 5. The van der Waals surface area contributed by atoms with Crippen LogP contribution in [0.1, 0.15) is 56.2 Å². The van der Waals surface area contributed by atoms with Crippen LogP contribution in [0.3, 0.4) is 0 Å². The molecule has 0 radical (unpaired) electrons. The highest BCUT2D eigenvalue weighted by molar-refractivity contribution is 5.57. The summed E-state index contributed by atoms with van der Waals surface area (Å²) in [6.45, 7) is 0. The van der Waals surface area contributed by atoms with Gasteiger partial charge >= 0.3 is 0 Å². The van der Waals surface area contributed by atoms with Gasteiger partial charge in [0.1, 0.15) is 5.82 Å². The van der Waals surface area contributed by atoms with Gasteiger partial charge in [-0.3, -0.25) is 9.78 Å². The zero-order valence-corrected chi connectivity index (χ0v) is 16.2. The summed E-state index contributed by atoms with van der Waals surface area (Å²) >= 11 is 0. The van der Waals surface area contributed by atoms with E-state index in [4.69, 9.17) is 0 Å². The molecule has 2 aliphatic carbocycles. The van der Waals surface area contributed by atoms with Crippen LogP contribution in [0.25, 0.3) is 11.3 Å². The average molecular weight is 388 g/mol. The number of nitrogens with zero attached hydrogens (tertiary/aromatic N) is 5. The molecule has 3 aromatic rings. The van der Waals surface area contributed by atoms with Gasteiger partial charge in [0.25, 0.3) is 5.56 Å². The topological polar surface area (TPSA) is 85.6 Å². The quantitative estimate of drug-likeness (QED) is 0.719. The zero-order chi connectivity index (χ0) is 19.6. The summed E-state index contributed by atoms with van der Waals surface area (Å²) in [7, 11) is 0. The molecule has 2 saturated carbocycles. The number of hydrogen-bond acceptors (Lipinski definition) is 6. The fourth-order valence-corrected chi connectivity index (χ4v) is 4.05. The second kappa shape index (κ2) is 7.73. The van der Waals surface area contributed by atoms with Crippen molar-refractivity contribution in [2.45, 2.75) is 56.5 Å². The Morgan fingerprint density at radius 3 is 2.34 bits per heavy atom. The fraction of sp³-hybridized carbons (Fsp3) is 0.409. The summed E-state index contributed by atoms with van der Waals surface area (Å²) in [5.41, 5.74) is 2.84. The minimum atomic E-state index is -0.0410. The Morgan fingerprint density at radius 2 is 1.66 bits per heavy atom. The summed E-state index contributed by atoms with van der Waals surface area (Å²) in [5, 5.41) is 16.8. The van der Waals surface area contributed by atoms with Crippen LogP contribution < -0.4 is 10.9 Å². The Kier molecular flexibility index (Phi) is 4.79. The largest absolute Gasteiger partial charge is 0.366 e. The summed E-state index contributed by atoms with van der Waals surface area (Å²) in [5.74, 6) is 1.47. The molecule has 2 aliphatic rings. The van der Waals surface area contributed by atoms with E-state index in [0.717, 1.165) is 48.5 Å². The first-order valence-corrected chi connectivity index (χ1v) is 10.4. The Bertz CT molecular complexity index is 1020. The Hall–Kier alpha value is -3.09. The lowest BCUT2D eigenvalue weighted by Gasteiger charge is -2.29. The Balaban J connectivity index is 1.24. The molecule has 0 aromatic carbocycles. The predicted octanol–water partition coefficient (Wildman–Crippen LogP) is 3.57. The van der Waals surface area contributed by atoms with E-state index in [0.29, 0.717) is 12.0 Å². The minimum absolute atomic E-state index is 0.0410. The molecular weight excluding hydrogens is 364 g/mol. The summed E-state index contributed by atoms with van der Waals surface area (Å²) in [6, 6.07) is 11.8. The van der Waals surface area contributed by atoms with Gasteiger partial charge in [-0.15, -0.1) is 5.10 Å². The van der Waals surface area contributed by atoms with Crippen molar-refractivity contribution in [3.63, 3.8) is 0 Å². The molecule has 0 unspecified atom stereocenters. The molecule has 0 atom stereocenters. The molecule has 3 aromatic heterocycles. The first-order chi connectivity index (χ1) is 14.3. The third kappa shape index (κ3) is 4.04. The maximum absolute atomic E-state index is 12.4. The van der Waals surface area contributed by atoms with Crippen LogP contribution in [0.15, 0.2) is 53.6 Å². The molecule has 7 nitrogen and oxygen atoms in total. The van der Waals surface area contributed by atoms with E-state index in [9.17, 15) is 4.79 Å². The molecule has 1 N–H and O–H groups in total. The van der Waals surface area contributed by atoms with Crippen LogP contribution in [0.4, 0.5) is 5.82 Å². The van der Waals surface area contributed by atoms with Crippen molar-refractivity contribution in [1.29, 1.82) is 0 Å². The predicted molar refractivity (Wildman–Crippen MR) is 111 cm³/mol. The van der Waals surface area contributed by atoms with Crippen molar-refractivity contribution in [3.05, 3.63) is 64.8 Å². The summed E-state index contributed by atoms with van der Waals surface area (Å²) < 4.78 is 1.66. The van der Waals surface area contributed by atoms with E-state index in [1.54, 1.807) is 29.2 Å². The number of aromatic nitrogens is 5. The Morgan fingerprint density at radius 1 is 0.862 bits per heavy atom. The molecular formula is C22H24N6O. The number of nitrogens with one attached hydrogen (secondary N) is 1. The van der Waals surface area contributed by atoms with E-state index in [1.807, 2.05) is 18.2 Å². The highest BCUT2D eigenvalue weighted by atomic mass is 16.1. The maximum atomic E-state index is 12.4. The first-order valence-electron chi connectivity index (χ1n) is 10.4. The maximum Gasteiger partial charge on any atom is 0.267 e. The van der Waals surface area contributed by atoms with Crippen molar-refractivity contribution in [3.8, 4) is 11.3 Å². The van der Waals surface area contributed by atoms with E-state index in [-0.39, 0.29) is 11.6 Å². The molecule has 7 heteroatoms. The second-order valence-electron chi connectivity index (χ2n) is 8.00. The second-order valence-corrected chi connectivity index (χ2v) is 8.00. The minimum Gasteiger partial charge on any atom is -0.366 e. The van der Waals surface area contributed by atoms with E-state index < -0.39 is 0 Å². The van der Waals surface area contributed by atoms with Crippen molar-refractivity contribution in [1.82, 2.24) is 25.0 Å². The molecule has 0 saturated heterocycles. The van der Waals surface area contributed by atoms with Crippen LogP contribution in [0.5, 0.6) is 0 Å². The fourth-order valence-electron chi connectivity index (χ4n) is 4.05. The SMILES string of the molecule is O=c1ccc(-c2ccncc2)nn1C1CCC(Nc2ccc(C3CC3)nn2)CC1. The lowest BCUT2D eigenvalue weighted by Crippen LogP contribution is -2.33. The highest BCUT2D eigenvalue weighted by Gasteiger charge is 2.26. The molecule has 0 bridgehead atoms. The average Bonchev–Trinajstić information content (AvgIpc) is 3.62. The highest BCUT2D eigenvalue weighted by Crippen LogP contribution is 2.38. The van der Waals surface area contributed by atoms with Gasteiger partial charge in [-0.1, -0.05) is 0 Å². The molecule has 0 spiro atoms. The van der Waals surface area contributed by atoms with Gasteiger partial charge in [0.05, 0.1) is 17.4 Å². The van der Waals surface area contributed by atoms with Gasteiger partial charge < -0.3 is 5.32 Å². The summed E-state index contributed by atoms with van der Waals surface area (Å²) in [4.78, 5) is 16.5. The number of hydrogen-bond donors (Lipinski definition) is 1. The van der Waals surface area contributed by atoms with Crippen molar-refractivity contribution >= 4 is 5.82 Å². The lowest BCUT2D eigenvalue weighted by molar-refractivity contribution is 0.304. The van der Waals surface area contributed by atoms with E-state index in [2.05, 4.69) is 31.7 Å². The Labute approximate surface area is 169 Å². The van der Waals surface area contributed by atoms with Crippen molar-refractivity contribution < 1.29 is 0 Å². The van der Waals surface area contributed by atoms with Crippen LogP contribution in [0.2, 0.25) is 0 Å². The van der Waals surface area contributed by atoms with Crippen molar-refractivity contribution in [2.24, 2.45) is 0 Å². The molecule has 0 aliphatic heterocycles. The van der Waals surface area contributed by atoms with Crippen LogP contribution in [0, 0.1) is 0 Å². The van der Waals surface area contributed by atoms with Gasteiger partial charge in [-0.05, 0) is 68.9 Å². The lowest BCUT2D eigenvalue weighted by atomic mass is 9.91. The van der Waals surface area contributed by atoms with Gasteiger partial charge in [-0.2, -0.15) is 10.2 Å². The van der Waals surface area contributed by atoms with Crippen LogP contribution in [-0.4, -0.2) is 31.0 Å². The molecule has 5 rings (SSSR count). The first kappa shape index (κ1) is 18.0. The van der Waals surface area contributed by atoms with Gasteiger partial charge in [0, 0.05) is 36.0 Å². The van der Waals surface area contributed by atoms with Crippen LogP contribution >= 0.6 is 0 Å². The molecule has 148 valence electrons. The number of pyridine rings is 1. The molecule has 29 heavy (non-hydrogen) atoms. The van der Waals surface area contributed by atoms with E-state index >= 15 is 0 Å². The standard InChI is InChI=1S/C22H24N6O/c29-22-10-8-20(16-11-13-23-14-12-16)27-28(22)18-5-3-17(4-6-18)24-21-9-7-19(25-26-21)15-1-2-15/h7-15,17-18H,1-6H2,(H,24,26). The third-order valence-corrected chi connectivity index (χ3v) is 5.88. The van der Waals surface area contributed by atoms with E-state index in [1.165, 1.54) is 12.8 Å². The summed E-state index contributed by atoms with van der Waals surface area (Å²) in [6.07, 6.45) is 9.74. The number of anilines is 1. The normalized spacial score (nSPS) is 21.7. The smallest absolute Gasteiger partial charge is 0.267 e.